The Labute approximate surface area is 219 Å². The number of fused-ring (bicyclic) bond motifs is 3. The van der Waals surface area contributed by atoms with Crippen molar-refractivity contribution >= 4 is 28.8 Å². The second-order valence-corrected chi connectivity index (χ2v) is 10.1. The Bertz CT molecular complexity index is 1790. The summed E-state index contributed by atoms with van der Waals surface area (Å²) in [7, 11) is 0. The molecule has 0 saturated carbocycles. The van der Waals surface area contributed by atoms with Gasteiger partial charge in [0.25, 0.3) is 0 Å². The van der Waals surface area contributed by atoms with Crippen LogP contribution in [-0.4, -0.2) is 9.67 Å². The van der Waals surface area contributed by atoms with Crippen LogP contribution in [0.3, 0.4) is 0 Å². The van der Waals surface area contributed by atoms with Crippen molar-refractivity contribution in [1.82, 2.24) is 4.57 Å². The van der Waals surface area contributed by atoms with Gasteiger partial charge in [-0.1, -0.05) is 73.7 Å². The zero-order chi connectivity index (χ0) is 25.4. The summed E-state index contributed by atoms with van der Waals surface area (Å²) in [5.74, 6) is 0.184. The maximum Gasteiger partial charge on any atom is 0.215 e. The Morgan fingerprint density at radius 2 is 1.54 bits per heavy atom. The van der Waals surface area contributed by atoms with E-state index in [0.717, 1.165) is 61.3 Å². The molecule has 6 rings (SSSR count). The number of aromatic hydroxyl groups is 1. The van der Waals surface area contributed by atoms with E-state index in [-0.39, 0.29) is 5.88 Å². The fourth-order valence-corrected chi connectivity index (χ4v) is 5.63. The van der Waals surface area contributed by atoms with Crippen LogP contribution in [0.2, 0.25) is 0 Å². The second-order valence-electron chi connectivity index (χ2n) is 9.11. The van der Waals surface area contributed by atoms with Crippen molar-refractivity contribution in [2.45, 2.75) is 26.7 Å². The molecule has 4 aromatic carbocycles. The van der Waals surface area contributed by atoms with E-state index in [0.29, 0.717) is 0 Å². The number of aryl methyl sites for hydroxylation is 2. The first kappa shape index (κ1) is 23.2. The highest BCUT2D eigenvalue weighted by atomic mass is 32.1. The minimum atomic E-state index is 0.184. The van der Waals surface area contributed by atoms with Gasteiger partial charge in [0.15, 0.2) is 4.80 Å². The monoisotopic (exact) mass is 501 g/mol. The van der Waals surface area contributed by atoms with Gasteiger partial charge < -0.3 is 5.11 Å². The van der Waals surface area contributed by atoms with E-state index in [1.54, 1.807) is 0 Å². The Hall–Kier alpha value is -4.22. The molecule has 1 N–H and O–H groups in total. The Balaban J connectivity index is 1.51. The van der Waals surface area contributed by atoms with Crippen LogP contribution < -0.4 is 15.4 Å². The number of benzene rings is 4. The van der Waals surface area contributed by atoms with Crippen LogP contribution in [0, 0.1) is 0 Å². The lowest BCUT2D eigenvalue weighted by Gasteiger charge is -2.06. The molecule has 0 spiro atoms. The molecule has 5 aromatic rings. The zero-order valence-electron chi connectivity index (χ0n) is 20.8. The van der Waals surface area contributed by atoms with Crippen LogP contribution in [0.25, 0.3) is 22.9 Å². The highest BCUT2D eigenvalue weighted by Crippen LogP contribution is 2.31. The Kier molecular flexibility index (Phi) is 6.07. The number of para-hydroxylation sites is 1. The fraction of sp³-hybridized carbons (Fsp3) is 0.125. The normalized spacial score (nSPS) is 12.9. The molecule has 5 heteroatoms. The van der Waals surface area contributed by atoms with Crippen molar-refractivity contribution in [2.24, 2.45) is 9.98 Å². The number of hydrogen-bond donors (Lipinski definition) is 1. The molecule has 0 radical (unpaired) electrons. The first-order chi connectivity index (χ1) is 18.1. The average Bonchev–Trinajstić information content (AvgIpc) is 3.46. The minimum absolute atomic E-state index is 0.184. The zero-order valence-corrected chi connectivity index (χ0v) is 21.7. The number of rotatable bonds is 5. The third-order valence-electron chi connectivity index (χ3n) is 6.75. The van der Waals surface area contributed by atoms with Crippen LogP contribution in [0.1, 0.15) is 29.9 Å². The van der Waals surface area contributed by atoms with Gasteiger partial charge in [0.1, 0.15) is 0 Å². The summed E-state index contributed by atoms with van der Waals surface area (Å²) in [6.45, 7) is 4.28. The maximum atomic E-state index is 11.4. The van der Waals surface area contributed by atoms with Gasteiger partial charge in [0.05, 0.1) is 27.3 Å². The van der Waals surface area contributed by atoms with Crippen molar-refractivity contribution in [3.63, 3.8) is 0 Å². The molecule has 0 bridgehead atoms. The summed E-state index contributed by atoms with van der Waals surface area (Å²) in [6, 6.07) is 31.0. The first-order valence-corrected chi connectivity index (χ1v) is 13.4. The lowest BCUT2D eigenvalue weighted by Crippen LogP contribution is -2.11. The third-order valence-corrected chi connectivity index (χ3v) is 7.73. The third kappa shape index (κ3) is 4.43. The predicted molar refractivity (Wildman–Crippen MR) is 152 cm³/mol. The lowest BCUT2D eigenvalue weighted by molar-refractivity contribution is 0.439. The molecule has 0 unspecified atom stereocenters. The van der Waals surface area contributed by atoms with Gasteiger partial charge in [-0.05, 0) is 77.7 Å². The van der Waals surface area contributed by atoms with Crippen LogP contribution in [-0.2, 0) is 12.8 Å². The van der Waals surface area contributed by atoms with Crippen molar-refractivity contribution in [3.8, 4) is 22.7 Å². The van der Waals surface area contributed by atoms with E-state index in [4.69, 9.17) is 9.98 Å². The predicted octanol–water partition coefficient (Wildman–Crippen LogP) is 6.36. The van der Waals surface area contributed by atoms with Crippen LogP contribution >= 0.6 is 11.3 Å². The molecule has 0 saturated heterocycles. The van der Waals surface area contributed by atoms with E-state index < -0.39 is 0 Å². The fourth-order valence-electron chi connectivity index (χ4n) is 4.62. The van der Waals surface area contributed by atoms with Gasteiger partial charge in [-0.3, -0.25) is 4.57 Å². The molecule has 4 nitrogen and oxygen atoms in total. The number of hydrogen-bond acceptors (Lipinski definition) is 4. The van der Waals surface area contributed by atoms with Gasteiger partial charge in [-0.15, -0.1) is 0 Å². The quantitative estimate of drug-likeness (QED) is 0.294. The van der Waals surface area contributed by atoms with E-state index >= 15 is 0 Å². The first-order valence-electron chi connectivity index (χ1n) is 12.6. The van der Waals surface area contributed by atoms with E-state index in [1.165, 1.54) is 22.5 Å². The molecule has 0 aliphatic carbocycles. The van der Waals surface area contributed by atoms with E-state index in [9.17, 15) is 5.11 Å². The van der Waals surface area contributed by atoms with Crippen molar-refractivity contribution < 1.29 is 5.11 Å². The molecule has 0 fully saturated rings. The topological polar surface area (TPSA) is 49.9 Å². The molecule has 0 atom stereocenters. The van der Waals surface area contributed by atoms with Crippen LogP contribution in [0.4, 0.5) is 11.4 Å². The summed E-state index contributed by atoms with van der Waals surface area (Å²) < 4.78 is 1.83. The van der Waals surface area contributed by atoms with Crippen LogP contribution in [0.5, 0.6) is 5.88 Å². The summed E-state index contributed by atoms with van der Waals surface area (Å²) in [6.07, 6.45) is 3.98. The molecule has 1 aliphatic rings. The number of aromatic nitrogens is 1. The molecule has 37 heavy (non-hydrogen) atoms. The highest BCUT2D eigenvalue weighted by Gasteiger charge is 2.15. The lowest BCUT2D eigenvalue weighted by atomic mass is 10.0. The smallest absolute Gasteiger partial charge is 0.215 e. The van der Waals surface area contributed by atoms with E-state index in [1.807, 2.05) is 65.2 Å². The van der Waals surface area contributed by atoms with Gasteiger partial charge in [0.2, 0.25) is 5.88 Å². The van der Waals surface area contributed by atoms with Crippen molar-refractivity contribution in [3.05, 3.63) is 122 Å². The highest BCUT2D eigenvalue weighted by molar-refractivity contribution is 7.10. The molecule has 1 aromatic heterocycles. The number of nitrogens with zero attached hydrogens (tertiary/aromatic N) is 3. The molecular weight excluding hydrogens is 474 g/mol. The summed E-state index contributed by atoms with van der Waals surface area (Å²) in [5, 5.41) is 13.4. The van der Waals surface area contributed by atoms with Gasteiger partial charge in [0, 0.05) is 11.1 Å². The summed E-state index contributed by atoms with van der Waals surface area (Å²) in [5.41, 5.74) is 7.52. The SMILES string of the molecule is CCc1ccc(N=c2sc(C=c3ccc4c(c3)-c3ccccc3N=4)c(O)n2-c2ccc(CC)cc2)cc1. The Morgan fingerprint density at radius 1 is 0.838 bits per heavy atom. The molecule has 2 heterocycles. The van der Waals surface area contributed by atoms with E-state index in [2.05, 4.69) is 50.2 Å². The summed E-state index contributed by atoms with van der Waals surface area (Å²) in [4.78, 5) is 11.1. The second kappa shape index (κ2) is 9.68. The number of thiazole rings is 1. The average molecular weight is 502 g/mol. The van der Waals surface area contributed by atoms with Gasteiger partial charge in [-0.25, -0.2) is 9.98 Å². The molecule has 182 valence electrons. The molecule has 0 amide bonds. The maximum absolute atomic E-state index is 11.4. The van der Waals surface area contributed by atoms with Crippen LogP contribution in [0.15, 0.2) is 101 Å². The Morgan fingerprint density at radius 3 is 2.27 bits per heavy atom. The summed E-state index contributed by atoms with van der Waals surface area (Å²) >= 11 is 1.48. The van der Waals surface area contributed by atoms with Gasteiger partial charge >= 0.3 is 0 Å². The molecule has 1 aliphatic heterocycles. The molecular formula is C32H27N3OS. The van der Waals surface area contributed by atoms with Gasteiger partial charge in [-0.2, -0.15) is 0 Å². The van der Waals surface area contributed by atoms with Crippen molar-refractivity contribution in [1.29, 1.82) is 0 Å². The largest absolute Gasteiger partial charge is 0.493 e. The standard InChI is InChI=1S/C32H27N3OS/c1-3-21-9-14-24(15-10-21)33-32-35(25-16-11-22(4-2)12-17-25)31(36)30(37-32)20-23-13-18-29-27(19-23)26-7-5-6-8-28(26)34-29/h5-20,36H,3-4H2,1-2H3. The van der Waals surface area contributed by atoms with Crippen molar-refractivity contribution in [2.75, 3.05) is 0 Å². The minimum Gasteiger partial charge on any atom is -0.493 e.